The number of amides is 1. The molecule has 20 heavy (non-hydrogen) atoms. The predicted octanol–water partition coefficient (Wildman–Crippen LogP) is 1.05. The van der Waals surface area contributed by atoms with E-state index in [1.807, 2.05) is 0 Å². The van der Waals surface area contributed by atoms with E-state index >= 15 is 0 Å². The third kappa shape index (κ3) is 2.90. The molecule has 1 aromatic rings. The molecular formula is C12H14FN3O4. The molecule has 1 saturated heterocycles. The molecule has 1 heterocycles. The first-order chi connectivity index (χ1) is 9.51. The van der Waals surface area contributed by atoms with Gasteiger partial charge in [0, 0.05) is 19.0 Å². The average molecular weight is 283 g/mol. The highest BCUT2D eigenvalue weighted by molar-refractivity contribution is 5.97. The molecule has 108 valence electrons. The molecule has 0 saturated carbocycles. The van der Waals surface area contributed by atoms with Crippen LogP contribution in [0.2, 0.25) is 0 Å². The van der Waals surface area contributed by atoms with Crippen molar-refractivity contribution < 1.29 is 24.2 Å². The second-order valence-electron chi connectivity index (χ2n) is 4.38. The van der Waals surface area contributed by atoms with E-state index in [9.17, 15) is 9.18 Å². The highest BCUT2D eigenvalue weighted by Crippen LogP contribution is 2.21. The van der Waals surface area contributed by atoms with E-state index in [4.69, 9.17) is 20.8 Å². The molecule has 0 spiro atoms. The Morgan fingerprint density at radius 3 is 2.85 bits per heavy atom. The summed E-state index contributed by atoms with van der Waals surface area (Å²) in [4.78, 5) is 12.0. The smallest absolute Gasteiger partial charge is 0.407 e. The van der Waals surface area contributed by atoms with Gasteiger partial charge in [0.25, 0.3) is 0 Å². The molecule has 1 fully saturated rings. The van der Waals surface area contributed by atoms with Crippen molar-refractivity contribution in [1.29, 1.82) is 0 Å². The summed E-state index contributed by atoms with van der Waals surface area (Å²) in [6.45, 7) is 0.642. The summed E-state index contributed by atoms with van der Waals surface area (Å²) in [6, 6.07) is 3.94. The number of hydrogen-bond acceptors (Lipinski definition) is 4. The van der Waals surface area contributed by atoms with Crippen LogP contribution >= 0.6 is 0 Å². The third-order valence-electron chi connectivity index (χ3n) is 3.04. The van der Waals surface area contributed by atoms with E-state index in [0.29, 0.717) is 13.0 Å². The third-order valence-corrected chi connectivity index (χ3v) is 3.04. The average Bonchev–Trinajstić information content (AvgIpc) is 2.87. The normalized spacial score (nSPS) is 19.1. The van der Waals surface area contributed by atoms with Crippen LogP contribution in [0, 0.1) is 5.82 Å². The highest BCUT2D eigenvalue weighted by atomic mass is 19.1. The lowest BCUT2D eigenvalue weighted by molar-refractivity contribution is 0.145. The van der Waals surface area contributed by atoms with Crippen molar-refractivity contribution >= 4 is 11.9 Å². The molecule has 0 aromatic heterocycles. The number of oxime groups is 1. The first-order valence-corrected chi connectivity index (χ1v) is 5.93. The van der Waals surface area contributed by atoms with Gasteiger partial charge in [0.1, 0.15) is 17.7 Å². The lowest BCUT2D eigenvalue weighted by Crippen LogP contribution is -2.29. The van der Waals surface area contributed by atoms with Crippen LogP contribution in [0.5, 0.6) is 5.75 Å². The van der Waals surface area contributed by atoms with Gasteiger partial charge in [-0.15, -0.1) is 0 Å². The van der Waals surface area contributed by atoms with Gasteiger partial charge in [-0.25, -0.2) is 9.18 Å². The molecule has 4 N–H and O–H groups in total. The summed E-state index contributed by atoms with van der Waals surface area (Å²) in [7, 11) is 0. The van der Waals surface area contributed by atoms with Crippen molar-refractivity contribution in [3.05, 3.63) is 29.6 Å². The molecule has 0 bridgehead atoms. The number of likely N-dealkylation sites (tertiary alicyclic amines) is 1. The summed E-state index contributed by atoms with van der Waals surface area (Å²) < 4.78 is 19.2. The number of halogens is 1. The second-order valence-corrected chi connectivity index (χ2v) is 4.38. The van der Waals surface area contributed by atoms with Gasteiger partial charge in [-0.2, -0.15) is 0 Å². The van der Waals surface area contributed by atoms with Gasteiger partial charge in [0.2, 0.25) is 0 Å². The Kier molecular flexibility index (Phi) is 3.92. The van der Waals surface area contributed by atoms with E-state index in [1.54, 1.807) is 0 Å². The number of benzene rings is 1. The molecule has 1 aliphatic rings. The van der Waals surface area contributed by atoms with Gasteiger partial charge >= 0.3 is 6.09 Å². The Bertz CT molecular complexity index is 550. The number of hydrogen-bond donors (Lipinski definition) is 3. The zero-order valence-corrected chi connectivity index (χ0v) is 10.5. The Hall–Kier alpha value is -2.51. The van der Waals surface area contributed by atoms with Crippen LogP contribution in [-0.2, 0) is 0 Å². The van der Waals surface area contributed by atoms with E-state index in [2.05, 4.69) is 5.16 Å². The van der Waals surface area contributed by atoms with Crippen molar-refractivity contribution in [2.45, 2.75) is 12.5 Å². The number of carbonyl (C=O) groups is 1. The van der Waals surface area contributed by atoms with Crippen LogP contribution in [-0.4, -0.2) is 46.3 Å². The summed E-state index contributed by atoms with van der Waals surface area (Å²) >= 11 is 0. The number of carboxylic acid groups (broad SMARTS) is 1. The van der Waals surface area contributed by atoms with Crippen LogP contribution < -0.4 is 10.5 Å². The summed E-state index contributed by atoms with van der Waals surface area (Å²) in [5.74, 6) is -0.730. The number of nitrogens with two attached hydrogens (primary N) is 1. The molecule has 7 nitrogen and oxygen atoms in total. The fraction of sp³-hybridized carbons (Fsp3) is 0.333. The topological polar surface area (TPSA) is 108 Å². The number of rotatable bonds is 3. The standard InChI is InChI=1S/C12H14FN3O4/c13-10-5-7(1-2-9(10)11(14)15-19)20-8-3-4-16(6-8)12(17)18/h1-2,5,8,19H,3-4,6H2,(H2,14,15)(H,17,18)/t8-/m0/s1. The molecule has 1 atom stereocenters. The van der Waals surface area contributed by atoms with Crippen molar-refractivity contribution in [3.63, 3.8) is 0 Å². The first kappa shape index (κ1) is 13.9. The van der Waals surface area contributed by atoms with E-state index in [1.165, 1.54) is 17.0 Å². The molecule has 0 aliphatic carbocycles. The molecule has 1 aromatic carbocycles. The largest absolute Gasteiger partial charge is 0.488 e. The molecule has 1 aliphatic heterocycles. The van der Waals surface area contributed by atoms with Crippen LogP contribution in [0.15, 0.2) is 23.4 Å². The van der Waals surface area contributed by atoms with Crippen LogP contribution in [0.1, 0.15) is 12.0 Å². The van der Waals surface area contributed by atoms with Crippen molar-refractivity contribution in [2.75, 3.05) is 13.1 Å². The van der Waals surface area contributed by atoms with Crippen LogP contribution in [0.4, 0.5) is 9.18 Å². The van der Waals surface area contributed by atoms with Gasteiger partial charge in [0.05, 0.1) is 12.1 Å². The van der Waals surface area contributed by atoms with Gasteiger partial charge in [-0.05, 0) is 12.1 Å². The molecule has 1 amide bonds. The van der Waals surface area contributed by atoms with E-state index in [0.717, 1.165) is 6.07 Å². The SMILES string of the molecule is NC(=NO)c1ccc(O[C@H]2CCN(C(=O)O)C2)cc1F. The molecule has 2 rings (SSSR count). The first-order valence-electron chi connectivity index (χ1n) is 5.93. The monoisotopic (exact) mass is 283 g/mol. The number of nitrogens with zero attached hydrogens (tertiary/aromatic N) is 2. The van der Waals surface area contributed by atoms with E-state index < -0.39 is 11.9 Å². The molecule has 0 radical (unpaired) electrons. The predicted molar refractivity (Wildman–Crippen MR) is 67.5 cm³/mol. The lowest BCUT2D eigenvalue weighted by atomic mass is 10.2. The zero-order chi connectivity index (χ0) is 14.7. The minimum absolute atomic E-state index is 0.0292. The maximum atomic E-state index is 13.7. The molecule has 8 heteroatoms. The lowest BCUT2D eigenvalue weighted by Gasteiger charge is -2.15. The fourth-order valence-electron chi connectivity index (χ4n) is 2.02. The van der Waals surface area contributed by atoms with Gasteiger partial charge in [-0.1, -0.05) is 5.16 Å². The maximum Gasteiger partial charge on any atom is 0.407 e. The zero-order valence-electron chi connectivity index (χ0n) is 10.5. The van der Waals surface area contributed by atoms with Crippen molar-refractivity contribution in [3.8, 4) is 5.75 Å². The second kappa shape index (κ2) is 5.64. The minimum atomic E-state index is -0.996. The maximum absolute atomic E-state index is 13.7. The van der Waals surface area contributed by atoms with Crippen LogP contribution in [0.3, 0.4) is 0 Å². The number of amidine groups is 1. The Labute approximate surface area is 114 Å². The Morgan fingerprint density at radius 1 is 1.55 bits per heavy atom. The summed E-state index contributed by atoms with van der Waals surface area (Å²) in [6.07, 6.45) is -0.750. The van der Waals surface area contributed by atoms with Gasteiger partial charge in [-0.3, -0.25) is 0 Å². The fourth-order valence-corrected chi connectivity index (χ4v) is 2.02. The van der Waals surface area contributed by atoms with Crippen molar-refractivity contribution in [1.82, 2.24) is 4.90 Å². The van der Waals surface area contributed by atoms with Crippen molar-refractivity contribution in [2.24, 2.45) is 10.9 Å². The highest BCUT2D eigenvalue weighted by Gasteiger charge is 2.27. The molecular weight excluding hydrogens is 269 g/mol. The Balaban J connectivity index is 2.05. The summed E-state index contributed by atoms with van der Waals surface area (Å²) in [5, 5.41) is 20.0. The molecule has 0 unspecified atom stereocenters. The number of ether oxygens (including phenoxy) is 1. The summed E-state index contributed by atoms with van der Waals surface area (Å²) in [5.41, 5.74) is 5.28. The van der Waals surface area contributed by atoms with Crippen LogP contribution in [0.25, 0.3) is 0 Å². The minimum Gasteiger partial charge on any atom is -0.488 e. The van der Waals surface area contributed by atoms with Gasteiger partial charge in [0.15, 0.2) is 5.84 Å². The quantitative estimate of drug-likeness (QED) is 0.332. The van der Waals surface area contributed by atoms with E-state index in [-0.39, 0.29) is 29.8 Å². The van der Waals surface area contributed by atoms with Gasteiger partial charge < -0.3 is 25.7 Å². The Morgan fingerprint density at radius 2 is 2.30 bits per heavy atom.